The summed E-state index contributed by atoms with van der Waals surface area (Å²) in [7, 11) is 0. The normalized spacial score (nSPS) is 11.6. The molecule has 2 N–H and O–H groups in total. The number of para-hydroxylation sites is 2. The number of benzene rings is 4. The van der Waals surface area contributed by atoms with Crippen LogP contribution in [0, 0.1) is 0 Å². The summed E-state index contributed by atoms with van der Waals surface area (Å²) >= 11 is 0. The summed E-state index contributed by atoms with van der Waals surface area (Å²) in [5, 5.41) is 20.7. The first-order valence-corrected chi connectivity index (χ1v) is 15.4. The highest BCUT2D eigenvalue weighted by atomic mass is 16.5. The van der Waals surface area contributed by atoms with Crippen molar-refractivity contribution in [3.8, 4) is 34.8 Å². The van der Waals surface area contributed by atoms with Gasteiger partial charge < -0.3 is 19.7 Å². The van der Waals surface area contributed by atoms with Crippen LogP contribution in [0.15, 0.2) is 128 Å². The van der Waals surface area contributed by atoms with Crippen molar-refractivity contribution in [1.29, 1.82) is 0 Å². The van der Waals surface area contributed by atoms with Gasteiger partial charge in [0.2, 0.25) is 11.8 Å². The van der Waals surface area contributed by atoms with Gasteiger partial charge in [-0.2, -0.15) is 4.98 Å². The van der Waals surface area contributed by atoms with Gasteiger partial charge in [-0.25, -0.2) is 0 Å². The molecule has 5 rings (SSSR count). The first-order chi connectivity index (χ1) is 22.0. The maximum Gasteiger partial charge on any atom is 0.222 e. The number of phenolic OH excluding ortho intramolecular Hbond substituents is 2. The molecule has 0 spiro atoms. The zero-order chi connectivity index (χ0) is 32.9. The van der Waals surface area contributed by atoms with Crippen LogP contribution < -0.4 is 9.47 Å². The van der Waals surface area contributed by atoms with Gasteiger partial charge in [-0.3, -0.25) is 0 Å². The van der Waals surface area contributed by atoms with Gasteiger partial charge in [0, 0.05) is 34.1 Å². The van der Waals surface area contributed by atoms with Gasteiger partial charge in [-0.1, -0.05) is 107 Å². The highest BCUT2D eigenvalue weighted by Gasteiger charge is 2.29. The number of allylic oxidation sites excluding steroid dienone is 2. The largest absolute Gasteiger partial charge is 0.508 e. The van der Waals surface area contributed by atoms with E-state index < -0.39 is 10.8 Å². The number of aromatic nitrogens is 1. The van der Waals surface area contributed by atoms with Crippen molar-refractivity contribution in [3.63, 3.8) is 0 Å². The Balaban J connectivity index is 1.43. The number of nitrogens with zero attached hydrogens (tertiary/aromatic N) is 1. The smallest absolute Gasteiger partial charge is 0.222 e. The zero-order valence-electron chi connectivity index (χ0n) is 27.0. The molecule has 0 fully saturated rings. The predicted molar refractivity (Wildman–Crippen MR) is 186 cm³/mol. The maximum absolute atomic E-state index is 10.3. The minimum atomic E-state index is -0.432. The lowest BCUT2D eigenvalue weighted by Crippen LogP contribution is -2.20. The van der Waals surface area contributed by atoms with Gasteiger partial charge in [0.1, 0.15) is 23.0 Å². The summed E-state index contributed by atoms with van der Waals surface area (Å²) in [6, 6.07) is 32.8. The Labute approximate surface area is 272 Å². The first-order valence-electron chi connectivity index (χ1n) is 15.4. The summed E-state index contributed by atoms with van der Waals surface area (Å²) in [5.41, 5.74) is 4.86. The summed E-state index contributed by atoms with van der Waals surface area (Å²) in [4.78, 5) is 4.72. The van der Waals surface area contributed by atoms with Crippen molar-refractivity contribution < 1.29 is 19.7 Å². The van der Waals surface area contributed by atoms with Gasteiger partial charge in [0.15, 0.2) is 0 Å². The van der Waals surface area contributed by atoms with E-state index in [4.69, 9.17) is 14.5 Å². The molecule has 46 heavy (non-hydrogen) atoms. The Kier molecular flexibility index (Phi) is 9.33. The second-order valence-electron chi connectivity index (χ2n) is 12.4. The molecular formula is C41H41NO4. The van der Waals surface area contributed by atoms with Crippen LogP contribution in [-0.2, 0) is 23.7 Å². The van der Waals surface area contributed by atoms with Crippen molar-refractivity contribution in [2.75, 3.05) is 0 Å². The molecule has 5 heteroatoms. The Morgan fingerprint density at radius 2 is 1.00 bits per heavy atom. The number of rotatable bonds is 12. The van der Waals surface area contributed by atoms with Crippen LogP contribution in [-0.4, -0.2) is 15.2 Å². The molecule has 5 aromatic rings. The minimum Gasteiger partial charge on any atom is -0.508 e. The van der Waals surface area contributed by atoms with Crippen molar-refractivity contribution in [2.24, 2.45) is 0 Å². The van der Waals surface area contributed by atoms with E-state index in [0.717, 1.165) is 33.4 Å². The van der Waals surface area contributed by atoms with Gasteiger partial charge >= 0.3 is 0 Å². The highest BCUT2D eigenvalue weighted by molar-refractivity contribution is 5.51. The predicted octanol–water partition coefficient (Wildman–Crippen LogP) is 10.2. The second kappa shape index (κ2) is 13.4. The first kappa shape index (κ1) is 32.1. The third-order valence-electron chi connectivity index (χ3n) is 8.58. The number of pyridine rings is 1. The summed E-state index contributed by atoms with van der Waals surface area (Å²) < 4.78 is 12.8. The molecule has 0 aliphatic heterocycles. The Morgan fingerprint density at radius 3 is 1.41 bits per heavy atom. The second-order valence-corrected chi connectivity index (χ2v) is 12.4. The number of hydrogen-bond acceptors (Lipinski definition) is 5. The molecule has 5 nitrogen and oxygen atoms in total. The van der Waals surface area contributed by atoms with E-state index in [2.05, 4.69) is 53.0 Å². The zero-order valence-corrected chi connectivity index (χ0v) is 27.0. The lowest BCUT2D eigenvalue weighted by Gasteiger charge is -2.29. The fourth-order valence-corrected chi connectivity index (χ4v) is 5.78. The Morgan fingerprint density at radius 1 is 0.587 bits per heavy atom. The van der Waals surface area contributed by atoms with Gasteiger partial charge in [-0.05, 0) is 59.4 Å². The SMILES string of the molecule is C=CCc1cc(C(C)(C)c2ccccc2Oc2cccc(Oc3ccccc3C(C)(C)c3ccc(O)c(CC=C)c3)n2)ccc1O. The maximum atomic E-state index is 10.3. The number of hydrogen-bond donors (Lipinski definition) is 2. The van der Waals surface area contributed by atoms with E-state index in [1.807, 2.05) is 78.9 Å². The average molecular weight is 612 g/mol. The van der Waals surface area contributed by atoms with Gasteiger partial charge in [0.25, 0.3) is 0 Å². The molecule has 0 saturated heterocycles. The monoisotopic (exact) mass is 611 g/mol. The number of aromatic hydroxyl groups is 2. The third kappa shape index (κ3) is 6.69. The minimum absolute atomic E-state index is 0.260. The van der Waals surface area contributed by atoms with Crippen LogP contribution in [0.25, 0.3) is 0 Å². The number of ether oxygens (including phenoxy) is 2. The standard InChI is InChI=1S/C41H41NO4/c1-7-14-28-26-30(22-24-34(28)43)40(3,4)32-16-9-11-18-36(32)45-38-20-13-21-39(42-38)46-37-19-12-10-17-33(37)41(5,6)31-23-25-35(44)29(27-31)15-8-2/h7-13,16-27,43-44H,1-2,14-15H2,3-6H3. The number of phenols is 2. The van der Waals surface area contributed by atoms with Crippen LogP contribution in [0.3, 0.4) is 0 Å². The Bertz CT molecular complexity index is 1740. The van der Waals surface area contributed by atoms with E-state index in [-0.39, 0.29) is 11.5 Å². The molecule has 4 aromatic carbocycles. The summed E-state index contributed by atoms with van der Waals surface area (Å²) in [6.07, 6.45) is 4.74. The van der Waals surface area contributed by atoms with E-state index in [9.17, 15) is 10.2 Å². The quantitative estimate of drug-likeness (QED) is 0.137. The van der Waals surface area contributed by atoms with Crippen molar-refractivity contribution in [2.45, 2.75) is 51.4 Å². The molecule has 1 heterocycles. The molecule has 0 saturated carbocycles. The van der Waals surface area contributed by atoms with E-state index in [1.165, 1.54) is 0 Å². The van der Waals surface area contributed by atoms with Crippen molar-refractivity contribution in [1.82, 2.24) is 4.98 Å². The molecule has 0 aliphatic carbocycles. The molecule has 0 radical (unpaired) electrons. The van der Waals surface area contributed by atoms with Crippen LogP contribution in [0.1, 0.15) is 61.1 Å². The van der Waals surface area contributed by atoms with Gasteiger partial charge in [0.05, 0.1) is 0 Å². The van der Waals surface area contributed by atoms with Gasteiger partial charge in [-0.15, -0.1) is 13.2 Å². The molecular weight excluding hydrogens is 570 g/mol. The van der Waals surface area contributed by atoms with Crippen molar-refractivity contribution in [3.05, 3.63) is 162 Å². The topological polar surface area (TPSA) is 71.8 Å². The molecule has 0 bridgehead atoms. The highest BCUT2D eigenvalue weighted by Crippen LogP contribution is 2.42. The van der Waals surface area contributed by atoms with Crippen LogP contribution in [0.5, 0.6) is 34.8 Å². The molecule has 1 aromatic heterocycles. The van der Waals surface area contributed by atoms with Crippen LogP contribution in [0.2, 0.25) is 0 Å². The lowest BCUT2D eigenvalue weighted by molar-refractivity contribution is 0.412. The van der Waals surface area contributed by atoms with Crippen molar-refractivity contribution >= 4 is 0 Å². The lowest BCUT2D eigenvalue weighted by atomic mass is 9.77. The molecule has 0 atom stereocenters. The fourth-order valence-electron chi connectivity index (χ4n) is 5.78. The summed E-state index contributed by atoms with van der Waals surface area (Å²) in [6.45, 7) is 16.2. The third-order valence-corrected chi connectivity index (χ3v) is 8.58. The average Bonchev–Trinajstić information content (AvgIpc) is 3.04. The molecule has 234 valence electrons. The fraction of sp³-hybridized carbons (Fsp3) is 0.195. The Hall–Kier alpha value is -5.29. The molecule has 0 amide bonds. The molecule has 0 unspecified atom stereocenters. The van der Waals surface area contributed by atoms with E-state index >= 15 is 0 Å². The van der Waals surface area contributed by atoms with Crippen LogP contribution >= 0.6 is 0 Å². The molecule has 0 aliphatic rings. The summed E-state index contributed by atoms with van der Waals surface area (Å²) in [5.74, 6) is 2.69. The van der Waals surface area contributed by atoms with E-state index in [0.29, 0.717) is 36.1 Å². The van der Waals surface area contributed by atoms with Crippen LogP contribution in [0.4, 0.5) is 0 Å². The van der Waals surface area contributed by atoms with E-state index in [1.54, 1.807) is 24.3 Å².